The highest BCUT2D eigenvalue weighted by Crippen LogP contribution is 2.42. The smallest absolute Gasteiger partial charge is 0.0897 e. The molecule has 0 aromatic rings. The molecule has 1 aliphatic rings. The van der Waals surface area contributed by atoms with Gasteiger partial charge in [0, 0.05) is 31.7 Å². The van der Waals surface area contributed by atoms with Crippen molar-refractivity contribution in [1.29, 1.82) is 0 Å². The zero-order chi connectivity index (χ0) is 15.7. The fourth-order valence-corrected chi connectivity index (χ4v) is 2.65. The van der Waals surface area contributed by atoms with Crippen molar-refractivity contribution in [2.24, 2.45) is 5.41 Å². The third-order valence-corrected chi connectivity index (χ3v) is 4.39. The molecule has 5 nitrogen and oxygen atoms in total. The van der Waals surface area contributed by atoms with E-state index in [2.05, 4.69) is 26.1 Å². The van der Waals surface area contributed by atoms with Crippen LogP contribution in [0.5, 0.6) is 0 Å². The molecule has 1 saturated carbocycles. The minimum absolute atomic E-state index is 0.127. The van der Waals surface area contributed by atoms with Crippen LogP contribution < -0.4 is 5.32 Å². The second-order valence-corrected chi connectivity index (χ2v) is 6.44. The first kappa shape index (κ1) is 18.8. The van der Waals surface area contributed by atoms with E-state index in [1.165, 1.54) is 0 Å². The van der Waals surface area contributed by atoms with Crippen molar-refractivity contribution in [3.05, 3.63) is 0 Å². The van der Waals surface area contributed by atoms with E-state index in [4.69, 9.17) is 14.2 Å². The Balaban J connectivity index is 1.98. The van der Waals surface area contributed by atoms with Crippen LogP contribution in [0.25, 0.3) is 0 Å². The lowest BCUT2D eigenvalue weighted by molar-refractivity contribution is -0.100. The molecule has 5 heteroatoms. The van der Waals surface area contributed by atoms with Gasteiger partial charge in [-0.15, -0.1) is 0 Å². The Morgan fingerprint density at radius 3 is 2.57 bits per heavy atom. The van der Waals surface area contributed by atoms with E-state index < -0.39 is 6.10 Å². The summed E-state index contributed by atoms with van der Waals surface area (Å²) in [6.07, 6.45) is 3.07. The Bertz CT molecular complexity index is 273. The third-order valence-electron chi connectivity index (χ3n) is 4.39. The van der Waals surface area contributed by atoms with Crippen LogP contribution in [0.1, 0.15) is 40.0 Å². The fraction of sp³-hybridized carbons (Fsp3) is 1.00. The molecule has 0 amide bonds. The summed E-state index contributed by atoms with van der Waals surface area (Å²) in [5.41, 5.74) is 0.127. The number of unbranched alkanes of at least 4 members (excludes halogenated alkanes) is 1. The second-order valence-electron chi connectivity index (χ2n) is 6.44. The Kier molecular flexibility index (Phi) is 8.74. The highest BCUT2D eigenvalue weighted by Gasteiger charge is 2.48. The Labute approximate surface area is 129 Å². The standard InChI is InChI=1S/C16H33NO4/c1-5-6-7-20-8-9-21-12-13(18)11-17-14-10-15(19-4)16(14,2)3/h13-15,17-18H,5-12H2,1-4H3. The lowest BCUT2D eigenvalue weighted by atomic mass is 9.64. The largest absolute Gasteiger partial charge is 0.389 e. The van der Waals surface area contributed by atoms with E-state index >= 15 is 0 Å². The van der Waals surface area contributed by atoms with Gasteiger partial charge in [-0.2, -0.15) is 0 Å². The molecule has 2 N–H and O–H groups in total. The molecule has 21 heavy (non-hydrogen) atoms. The van der Waals surface area contributed by atoms with Gasteiger partial charge in [0.25, 0.3) is 0 Å². The molecule has 3 unspecified atom stereocenters. The van der Waals surface area contributed by atoms with Gasteiger partial charge in [-0.25, -0.2) is 0 Å². The summed E-state index contributed by atoms with van der Waals surface area (Å²) in [6.45, 7) is 9.37. The van der Waals surface area contributed by atoms with E-state index in [-0.39, 0.29) is 5.41 Å². The van der Waals surface area contributed by atoms with Crippen molar-refractivity contribution < 1.29 is 19.3 Å². The maximum absolute atomic E-state index is 9.89. The molecule has 126 valence electrons. The second kappa shape index (κ2) is 9.74. The summed E-state index contributed by atoms with van der Waals surface area (Å²) >= 11 is 0. The quantitative estimate of drug-likeness (QED) is 0.536. The minimum atomic E-state index is -0.474. The summed E-state index contributed by atoms with van der Waals surface area (Å²) in [5, 5.41) is 13.3. The van der Waals surface area contributed by atoms with Gasteiger partial charge in [0.2, 0.25) is 0 Å². The van der Waals surface area contributed by atoms with Crippen molar-refractivity contribution in [2.45, 2.75) is 58.3 Å². The summed E-state index contributed by atoms with van der Waals surface area (Å²) in [6, 6.07) is 0.398. The van der Waals surface area contributed by atoms with Crippen LogP contribution in [-0.4, -0.2) is 63.4 Å². The molecule has 1 rings (SSSR count). The lowest BCUT2D eigenvalue weighted by Gasteiger charge is -2.51. The summed E-state index contributed by atoms with van der Waals surface area (Å²) in [7, 11) is 1.76. The van der Waals surface area contributed by atoms with Crippen LogP contribution in [0.4, 0.5) is 0 Å². The van der Waals surface area contributed by atoms with Crippen LogP contribution in [0, 0.1) is 5.41 Å². The molecule has 0 spiro atoms. The molecule has 0 radical (unpaired) electrons. The number of hydrogen-bond acceptors (Lipinski definition) is 5. The number of aliphatic hydroxyl groups excluding tert-OH is 1. The average Bonchev–Trinajstić information content (AvgIpc) is 2.45. The zero-order valence-electron chi connectivity index (χ0n) is 14.1. The molecule has 0 heterocycles. The van der Waals surface area contributed by atoms with Gasteiger partial charge in [-0.05, 0) is 12.8 Å². The highest BCUT2D eigenvalue weighted by atomic mass is 16.5. The molecule has 1 fully saturated rings. The first-order chi connectivity index (χ1) is 10.0. The first-order valence-electron chi connectivity index (χ1n) is 8.12. The summed E-state index contributed by atoms with van der Waals surface area (Å²) in [4.78, 5) is 0. The highest BCUT2D eigenvalue weighted by molar-refractivity contribution is 5.02. The van der Waals surface area contributed by atoms with Crippen molar-refractivity contribution in [3.63, 3.8) is 0 Å². The molecule has 3 atom stereocenters. The Morgan fingerprint density at radius 1 is 1.24 bits per heavy atom. The van der Waals surface area contributed by atoms with Crippen LogP contribution in [0.2, 0.25) is 0 Å². The van der Waals surface area contributed by atoms with Gasteiger partial charge < -0.3 is 24.6 Å². The number of aliphatic hydroxyl groups is 1. The monoisotopic (exact) mass is 303 g/mol. The zero-order valence-corrected chi connectivity index (χ0v) is 14.1. The maximum Gasteiger partial charge on any atom is 0.0897 e. The number of nitrogens with one attached hydrogen (secondary N) is 1. The normalized spacial score (nSPS) is 25.6. The van der Waals surface area contributed by atoms with Crippen LogP contribution in [-0.2, 0) is 14.2 Å². The molecular formula is C16H33NO4. The van der Waals surface area contributed by atoms with Gasteiger partial charge in [0.1, 0.15) is 0 Å². The molecule has 0 saturated heterocycles. The lowest BCUT2D eigenvalue weighted by Crippen LogP contribution is -2.61. The molecule has 0 aliphatic heterocycles. The number of rotatable bonds is 12. The van der Waals surface area contributed by atoms with Gasteiger partial charge in [0.05, 0.1) is 32.0 Å². The predicted octanol–water partition coefficient (Wildman–Crippen LogP) is 1.58. The minimum Gasteiger partial charge on any atom is -0.389 e. The van der Waals surface area contributed by atoms with Crippen LogP contribution >= 0.6 is 0 Å². The number of hydrogen-bond donors (Lipinski definition) is 2. The van der Waals surface area contributed by atoms with Crippen molar-refractivity contribution in [2.75, 3.05) is 40.1 Å². The molecule has 1 aliphatic carbocycles. The van der Waals surface area contributed by atoms with E-state index in [0.717, 1.165) is 25.9 Å². The number of ether oxygens (including phenoxy) is 3. The fourth-order valence-electron chi connectivity index (χ4n) is 2.65. The molecule has 0 aromatic heterocycles. The van der Waals surface area contributed by atoms with Crippen LogP contribution in [0.3, 0.4) is 0 Å². The van der Waals surface area contributed by atoms with Gasteiger partial charge >= 0.3 is 0 Å². The predicted molar refractivity (Wildman–Crippen MR) is 83.5 cm³/mol. The van der Waals surface area contributed by atoms with E-state index in [1.807, 2.05) is 0 Å². The van der Waals surface area contributed by atoms with Crippen molar-refractivity contribution in [1.82, 2.24) is 5.32 Å². The Morgan fingerprint density at radius 2 is 1.95 bits per heavy atom. The van der Waals surface area contributed by atoms with Crippen molar-refractivity contribution in [3.8, 4) is 0 Å². The molecule has 0 bridgehead atoms. The first-order valence-corrected chi connectivity index (χ1v) is 8.12. The van der Waals surface area contributed by atoms with Crippen LogP contribution in [0.15, 0.2) is 0 Å². The van der Waals surface area contributed by atoms with E-state index in [0.29, 0.717) is 38.5 Å². The Hall–Kier alpha value is -0.200. The van der Waals surface area contributed by atoms with Gasteiger partial charge in [-0.3, -0.25) is 0 Å². The van der Waals surface area contributed by atoms with Gasteiger partial charge in [0.15, 0.2) is 0 Å². The summed E-state index contributed by atoms with van der Waals surface area (Å²) < 4.78 is 16.2. The number of methoxy groups -OCH3 is 1. The van der Waals surface area contributed by atoms with E-state index in [1.54, 1.807) is 7.11 Å². The maximum atomic E-state index is 9.89. The third kappa shape index (κ3) is 6.20. The molecular weight excluding hydrogens is 270 g/mol. The topological polar surface area (TPSA) is 60.0 Å². The SMILES string of the molecule is CCCCOCCOCC(O)CNC1CC(OC)C1(C)C. The molecule has 0 aromatic carbocycles. The summed E-state index contributed by atoms with van der Waals surface area (Å²) in [5.74, 6) is 0. The van der Waals surface area contributed by atoms with Crippen molar-refractivity contribution >= 4 is 0 Å². The van der Waals surface area contributed by atoms with Gasteiger partial charge in [-0.1, -0.05) is 27.2 Å². The average molecular weight is 303 g/mol. The van der Waals surface area contributed by atoms with E-state index in [9.17, 15) is 5.11 Å².